The lowest BCUT2D eigenvalue weighted by Gasteiger charge is -2.15. The van der Waals surface area contributed by atoms with Crippen molar-refractivity contribution >= 4 is 15.8 Å². The van der Waals surface area contributed by atoms with Gasteiger partial charge in [-0.1, -0.05) is 42.5 Å². The Hall–Kier alpha value is -2.45. The summed E-state index contributed by atoms with van der Waals surface area (Å²) in [4.78, 5) is 4.13. The minimum atomic E-state index is -3.74. The van der Waals surface area contributed by atoms with Gasteiger partial charge in [-0.05, 0) is 24.6 Å². The van der Waals surface area contributed by atoms with Crippen LogP contribution in [-0.2, 0) is 9.84 Å². The maximum absolute atomic E-state index is 13.7. The van der Waals surface area contributed by atoms with E-state index in [9.17, 15) is 17.9 Å². The van der Waals surface area contributed by atoms with Crippen LogP contribution in [0.2, 0.25) is 0 Å². The first-order chi connectivity index (χ1) is 13.5. The molecule has 0 bridgehead atoms. The van der Waals surface area contributed by atoms with Gasteiger partial charge in [0.2, 0.25) is 0 Å². The summed E-state index contributed by atoms with van der Waals surface area (Å²) in [6.07, 6.45) is 0. The molecule has 0 fully saturated rings. The van der Waals surface area contributed by atoms with Crippen LogP contribution in [-0.4, -0.2) is 51.5 Å². The smallest absolute Gasteiger partial charge is 0.191 e. The molecule has 0 saturated carbocycles. The molecule has 0 amide bonds. The average molecular weight is 408 g/mol. The van der Waals surface area contributed by atoms with Gasteiger partial charge in [-0.15, -0.1) is 0 Å². The number of hydrogen-bond acceptors (Lipinski definition) is 4. The number of aliphatic imine (C=N–C) groups is 1. The molecule has 0 radical (unpaired) electrons. The van der Waals surface area contributed by atoms with Gasteiger partial charge in [0.15, 0.2) is 15.8 Å². The van der Waals surface area contributed by atoms with Crippen LogP contribution in [0.1, 0.15) is 18.4 Å². The van der Waals surface area contributed by atoms with Crippen molar-refractivity contribution in [1.29, 1.82) is 0 Å². The van der Waals surface area contributed by atoms with Gasteiger partial charge in [-0.2, -0.15) is 0 Å². The molecule has 28 heavy (non-hydrogen) atoms. The number of benzene rings is 2. The molecule has 0 saturated heterocycles. The molecule has 1 unspecified atom stereocenters. The normalized spacial score (nSPS) is 13.2. The third-order valence-corrected chi connectivity index (χ3v) is 5.88. The molecule has 0 aliphatic heterocycles. The molecule has 2 aromatic carbocycles. The van der Waals surface area contributed by atoms with E-state index in [0.717, 1.165) is 11.6 Å². The number of sulfone groups is 1. The lowest BCUT2D eigenvalue weighted by molar-refractivity contribution is 0.268. The molecule has 2 rings (SSSR count). The number of guanidine groups is 1. The van der Waals surface area contributed by atoms with Gasteiger partial charge in [-0.25, -0.2) is 12.8 Å². The maximum atomic E-state index is 13.7. The quantitative estimate of drug-likeness (QED) is 0.437. The second-order valence-corrected chi connectivity index (χ2v) is 8.26. The number of aliphatic hydroxyl groups excluding tert-OH is 1. The van der Waals surface area contributed by atoms with E-state index in [1.165, 1.54) is 18.2 Å². The zero-order valence-electron chi connectivity index (χ0n) is 15.8. The summed E-state index contributed by atoms with van der Waals surface area (Å²) in [6, 6.07) is 14.9. The summed E-state index contributed by atoms with van der Waals surface area (Å²) in [5, 5.41) is 15.6. The van der Waals surface area contributed by atoms with E-state index < -0.39 is 15.7 Å². The van der Waals surface area contributed by atoms with Crippen LogP contribution in [0.25, 0.3) is 0 Å². The van der Waals surface area contributed by atoms with Crippen molar-refractivity contribution in [2.45, 2.75) is 17.7 Å². The van der Waals surface area contributed by atoms with Crippen LogP contribution >= 0.6 is 0 Å². The number of hydrogen-bond donors (Lipinski definition) is 3. The summed E-state index contributed by atoms with van der Waals surface area (Å²) in [7, 11) is -3.74. The molecule has 1 atom stereocenters. The Morgan fingerprint density at radius 3 is 2.43 bits per heavy atom. The van der Waals surface area contributed by atoms with Gasteiger partial charge >= 0.3 is 0 Å². The zero-order valence-corrected chi connectivity index (χ0v) is 16.6. The van der Waals surface area contributed by atoms with Crippen LogP contribution in [0.4, 0.5) is 4.39 Å². The third-order valence-electron chi connectivity index (χ3n) is 4.14. The Bertz CT molecular complexity index is 873. The molecule has 2 aromatic rings. The molecule has 0 aliphatic carbocycles. The van der Waals surface area contributed by atoms with E-state index >= 15 is 0 Å². The summed E-state index contributed by atoms with van der Waals surface area (Å²) in [5.74, 6) is -0.725. The van der Waals surface area contributed by atoms with Crippen molar-refractivity contribution < 1.29 is 17.9 Å². The standard InChI is InChI=1S/C20H26FN3O3S/c1-2-22-20(24-14-17(15-25)16-8-4-3-5-9-16)23-12-13-28(26,27)19-11-7-6-10-18(19)21/h3-11,17,25H,2,12-15H2,1H3,(H2,22,23,24). The van der Waals surface area contributed by atoms with E-state index in [1.807, 2.05) is 37.3 Å². The minimum absolute atomic E-state index is 0.0470. The van der Waals surface area contributed by atoms with Crippen molar-refractivity contribution in [2.75, 3.05) is 32.0 Å². The van der Waals surface area contributed by atoms with Crippen molar-refractivity contribution in [2.24, 2.45) is 4.99 Å². The first-order valence-electron chi connectivity index (χ1n) is 9.13. The van der Waals surface area contributed by atoms with E-state index in [2.05, 4.69) is 15.6 Å². The summed E-state index contributed by atoms with van der Waals surface area (Å²) < 4.78 is 38.4. The lowest BCUT2D eigenvalue weighted by Crippen LogP contribution is -2.40. The molecule has 6 nitrogen and oxygen atoms in total. The first kappa shape index (κ1) is 21.8. The fourth-order valence-electron chi connectivity index (χ4n) is 2.65. The molecule has 8 heteroatoms. The highest BCUT2D eigenvalue weighted by Crippen LogP contribution is 2.16. The fraction of sp³-hybridized carbons (Fsp3) is 0.350. The number of rotatable bonds is 9. The van der Waals surface area contributed by atoms with E-state index in [1.54, 1.807) is 0 Å². The highest BCUT2D eigenvalue weighted by Gasteiger charge is 2.18. The average Bonchev–Trinajstić information content (AvgIpc) is 2.69. The summed E-state index contributed by atoms with van der Waals surface area (Å²) in [6.45, 7) is 2.87. The molecule has 0 spiro atoms. The Labute approximate surface area is 165 Å². The predicted molar refractivity (Wildman–Crippen MR) is 109 cm³/mol. The molecule has 0 heterocycles. The van der Waals surface area contributed by atoms with Crippen LogP contribution < -0.4 is 10.6 Å². The van der Waals surface area contributed by atoms with Crippen molar-refractivity contribution in [1.82, 2.24) is 10.6 Å². The second kappa shape index (κ2) is 10.8. The van der Waals surface area contributed by atoms with Gasteiger partial charge in [0.05, 0.1) is 18.9 Å². The van der Waals surface area contributed by atoms with Gasteiger partial charge < -0.3 is 15.7 Å². The van der Waals surface area contributed by atoms with Gasteiger partial charge in [-0.3, -0.25) is 4.99 Å². The predicted octanol–water partition coefficient (Wildman–Crippen LogP) is 1.93. The number of aliphatic hydroxyl groups is 1. The highest BCUT2D eigenvalue weighted by molar-refractivity contribution is 7.91. The Kier molecular flexibility index (Phi) is 8.41. The topological polar surface area (TPSA) is 90.8 Å². The largest absolute Gasteiger partial charge is 0.396 e. The second-order valence-electron chi connectivity index (χ2n) is 6.19. The third kappa shape index (κ3) is 6.31. The molecule has 0 aliphatic rings. The van der Waals surface area contributed by atoms with Crippen LogP contribution in [0.15, 0.2) is 64.5 Å². The Morgan fingerprint density at radius 1 is 1.11 bits per heavy atom. The molecule has 3 N–H and O–H groups in total. The molecular formula is C20H26FN3O3S. The van der Waals surface area contributed by atoms with Gasteiger partial charge in [0.1, 0.15) is 10.7 Å². The van der Waals surface area contributed by atoms with E-state index in [0.29, 0.717) is 19.0 Å². The number of nitrogens with one attached hydrogen (secondary N) is 2. The summed E-state index contributed by atoms with van der Waals surface area (Å²) >= 11 is 0. The number of halogens is 1. The fourth-order valence-corrected chi connectivity index (χ4v) is 3.89. The molecule has 152 valence electrons. The monoisotopic (exact) mass is 407 g/mol. The highest BCUT2D eigenvalue weighted by atomic mass is 32.2. The molecular weight excluding hydrogens is 381 g/mol. The maximum Gasteiger partial charge on any atom is 0.191 e. The lowest BCUT2D eigenvalue weighted by atomic mass is 10.0. The Morgan fingerprint density at radius 2 is 1.79 bits per heavy atom. The van der Waals surface area contributed by atoms with Crippen molar-refractivity contribution in [3.05, 3.63) is 66.0 Å². The van der Waals surface area contributed by atoms with Crippen LogP contribution in [0.3, 0.4) is 0 Å². The number of nitrogens with zero attached hydrogens (tertiary/aromatic N) is 1. The minimum Gasteiger partial charge on any atom is -0.396 e. The van der Waals surface area contributed by atoms with Gasteiger partial charge in [0, 0.05) is 19.0 Å². The van der Waals surface area contributed by atoms with Crippen LogP contribution in [0, 0.1) is 5.82 Å². The molecule has 0 aromatic heterocycles. The van der Waals surface area contributed by atoms with Crippen molar-refractivity contribution in [3.8, 4) is 0 Å². The summed E-state index contributed by atoms with van der Waals surface area (Å²) in [5.41, 5.74) is 0.978. The first-order valence-corrected chi connectivity index (χ1v) is 10.8. The Balaban J connectivity index is 1.98. The SMILES string of the molecule is CCNC(=NCC(CO)c1ccccc1)NCCS(=O)(=O)c1ccccc1F. The van der Waals surface area contributed by atoms with E-state index in [-0.39, 0.29) is 29.7 Å². The zero-order chi connectivity index (χ0) is 20.4. The van der Waals surface area contributed by atoms with E-state index in [4.69, 9.17) is 0 Å². The van der Waals surface area contributed by atoms with Gasteiger partial charge in [0.25, 0.3) is 0 Å². The van der Waals surface area contributed by atoms with Crippen LogP contribution in [0.5, 0.6) is 0 Å². The van der Waals surface area contributed by atoms with Crippen molar-refractivity contribution in [3.63, 3.8) is 0 Å².